The van der Waals surface area contributed by atoms with Crippen LogP contribution in [0.3, 0.4) is 0 Å². The van der Waals surface area contributed by atoms with Crippen molar-refractivity contribution in [1.82, 2.24) is 24.6 Å². The summed E-state index contributed by atoms with van der Waals surface area (Å²) in [5.41, 5.74) is 0.598. The van der Waals surface area contributed by atoms with E-state index in [-0.39, 0.29) is 11.8 Å². The summed E-state index contributed by atoms with van der Waals surface area (Å²) in [5.74, 6) is 0.803. The average molecular weight is 369 g/mol. The van der Waals surface area contributed by atoms with Crippen molar-refractivity contribution in [2.45, 2.75) is 18.9 Å². The Balaban J connectivity index is 1.42. The lowest BCUT2D eigenvalue weighted by Crippen LogP contribution is -2.39. The number of likely N-dealkylation sites (tertiary alicyclic amines) is 1. The summed E-state index contributed by atoms with van der Waals surface area (Å²) in [6, 6.07) is 7.40. The van der Waals surface area contributed by atoms with Crippen molar-refractivity contribution in [3.8, 4) is 5.82 Å². The molecule has 26 heavy (non-hydrogen) atoms. The number of piperidine rings is 1. The van der Waals surface area contributed by atoms with Gasteiger partial charge in [0.2, 0.25) is 0 Å². The van der Waals surface area contributed by atoms with Gasteiger partial charge in [-0.2, -0.15) is 0 Å². The van der Waals surface area contributed by atoms with Crippen LogP contribution in [0.25, 0.3) is 5.82 Å². The highest BCUT2D eigenvalue weighted by molar-refractivity contribution is 7.10. The largest absolute Gasteiger partial charge is 0.387 e. The second kappa shape index (κ2) is 7.35. The summed E-state index contributed by atoms with van der Waals surface area (Å²) in [5, 5.41) is 20.0. The number of pyridine rings is 1. The summed E-state index contributed by atoms with van der Waals surface area (Å²) >= 11 is 1.58. The topological polar surface area (TPSA) is 84.1 Å². The lowest BCUT2D eigenvalue weighted by atomic mass is 9.90. The van der Waals surface area contributed by atoms with E-state index in [1.165, 1.54) is 0 Å². The number of aliphatic hydroxyl groups is 1. The van der Waals surface area contributed by atoms with E-state index in [9.17, 15) is 9.90 Å². The summed E-state index contributed by atoms with van der Waals surface area (Å²) in [6.07, 6.45) is 5.88. The smallest absolute Gasteiger partial charge is 0.254 e. The summed E-state index contributed by atoms with van der Waals surface area (Å²) < 4.78 is 1.67. The van der Waals surface area contributed by atoms with Gasteiger partial charge in [0, 0.05) is 29.7 Å². The van der Waals surface area contributed by atoms with E-state index in [0.717, 1.165) is 17.7 Å². The first-order valence-electron chi connectivity index (χ1n) is 8.54. The third-order valence-electron chi connectivity index (χ3n) is 4.78. The number of rotatable bonds is 4. The number of nitrogens with zero attached hydrogens (tertiary/aromatic N) is 5. The molecule has 3 aromatic heterocycles. The number of thiophene rings is 1. The van der Waals surface area contributed by atoms with Crippen LogP contribution in [-0.4, -0.2) is 48.8 Å². The predicted molar refractivity (Wildman–Crippen MR) is 97.1 cm³/mol. The van der Waals surface area contributed by atoms with E-state index in [2.05, 4.69) is 15.2 Å². The number of hydrogen-bond acceptors (Lipinski definition) is 6. The third kappa shape index (κ3) is 3.38. The van der Waals surface area contributed by atoms with Crippen LogP contribution in [0, 0.1) is 5.92 Å². The molecular formula is C18H19N5O2S. The number of carbonyl (C=O) groups is 1. The van der Waals surface area contributed by atoms with Gasteiger partial charge < -0.3 is 10.0 Å². The van der Waals surface area contributed by atoms with Crippen molar-refractivity contribution < 1.29 is 9.90 Å². The maximum atomic E-state index is 12.8. The van der Waals surface area contributed by atoms with Crippen molar-refractivity contribution in [2.75, 3.05) is 13.1 Å². The minimum Gasteiger partial charge on any atom is -0.387 e. The molecule has 4 heterocycles. The van der Waals surface area contributed by atoms with Gasteiger partial charge in [-0.25, -0.2) is 4.98 Å². The van der Waals surface area contributed by atoms with Crippen LogP contribution in [0.15, 0.2) is 48.5 Å². The Morgan fingerprint density at radius 3 is 2.69 bits per heavy atom. The predicted octanol–water partition coefficient (Wildman–Crippen LogP) is 2.31. The van der Waals surface area contributed by atoms with Crippen molar-refractivity contribution in [3.05, 3.63) is 58.9 Å². The van der Waals surface area contributed by atoms with E-state index in [0.29, 0.717) is 24.5 Å². The Hall–Kier alpha value is -2.58. The molecule has 1 unspecified atom stereocenters. The molecule has 1 saturated heterocycles. The fourth-order valence-electron chi connectivity index (χ4n) is 3.30. The zero-order valence-electron chi connectivity index (χ0n) is 14.1. The Labute approximate surface area is 154 Å². The molecular weight excluding hydrogens is 350 g/mol. The standard InChI is InChI=1S/C18H19N5O2S/c24-17(15-2-1-9-26-15)13-4-7-22(8-5-13)18(25)14-3-6-19-16(10-14)23-11-20-21-12-23/h1-3,6,9-13,17,24H,4-5,7-8H2. The van der Waals surface area contributed by atoms with Crippen LogP contribution in [0.4, 0.5) is 0 Å². The van der Waals surface area contributed by atoms with Gasteiger partial charge in [-0.05, 0) is 42.3 Å². The minimum atomic E-state index is -0.437. The molecule has 1 aliphatic rings. The second-order valence-electron chi connectivity index (χ2n) is 6.36. The quantitative estimate of drug-likeness (QED) is 0.763. The SMILES string of the molecule is O=C(c1ccnc(-n2cnnc2)c1)N1CCC(C(O)c2cccs2)CC1. The highest BCUT2D eigenvalue weighted by atomic mass is 32.1. The molecule has 0 bridgehead atoms. The lowest BCUT2D eigenvalue weighted by Gasteiger charge is -2.34. The molecule has 0 spiro atoms. The second-order valence-corrected chi connectivity index (χ2v) is 7.34. The van der Waals surface area contributed by atoms with Gasteiger partial charge in [0.1, 0.15) is 18.5 Å². The molecule has 134 valence electrons. The number of amides is 1. The molecule has 1 atom stereocenters. The van der Waals surface area contributed by atoms with E-state index >= 15 is 0 Å². The third-order valence-corrected chi connectivity index (χ3v) is 5.73. The highest BCUT2D eigenvalue weighted by Crippen LogP contribution is 2.33. The number of carbonyl (C=O) groups excluding carboxylic acids is 1. The fraction of sp³-hybridized carbons (Fsp3) is 0.333. The normalized spacial score (nSPS) is 16.6. The van der Waals surface area contributed by atoms with Crippen molar-refractivity contribution >= 4 is 17.2 Å². The number of hydrogen-bond donors (Lipinski definition) is 1. The van der Waals surface area contributed by atoms with Gasteiger partial charge in [-0.3, -0.25) is 9.36 Å². The van der Waals surface area contributed by atoms with Crippen LogP contribution in [-0.2, 0) is 0 Å². The van der Waals surface area contributed by atoms with Crippen molar-refractivity contribution in [2.24, 2.45) is 5.92 Å². The van der Waals surface area contributed by atoms with E-state index in [1.807, 2.05) is 22.4 Å². The maximum Gasteiger partial charge on any atom is 0.254 e. The van der Waals surface area contributed by atoms with Crippen LogP contribution < -0.4 is 0 Å². The summed E-state index contributed by atoms with van der Waals surface area (Å²) in [7, 11) is 0. The molecule has 0 aromatic carbocycles. The average Bonchev–Trinajstić information content (AvgIpc) is 3.41. The lowest BCUT2D eigenvalue weighted by molar-refractivity contribution is 0.0474. The Kier molecular flexibility index (Phi) is 4.77. The van der Waals surface area contributed by atoms with Gasteiger partial charge in [-0.15, -0.1) is 21.5 Å². The van der Waals surface area contributed by atoms with Crippen LogP contribution in [0.1, 0.15) is 34.2 Å². The molecule has 0 aliphatic carbocycles. The summed E-state index contributed by atoms with van der Waals surface area (Å²) in [4.78, 5) is 19.9. The van der Waals surface area contributed by atoms with E-state index in [4.69, 9.17) is 0 Å². The molecule has 0 saturated carbocycles. The van der Waals surface area contributed by atoms with Crippen molar-refractivity contribution in [1.29, 1.82) is 0 Å². The van der Waals surface area contributed by atoms with Gasteiger partial charge in [0.25, 0.3) is 5.91 Å². The van der Waals surface area contributed by atoms with Gasteiger partial charge in [-0.1, -0.05) is 6.07 Å². The minimum absolute atomic E-state index is 0.00853. The Morgan fingerprint density at radius 2 is 2.00 bits per heavy atom. The molecule has 8 heteroatoms. The zero-order valence-corrected chi connectivity index (χ0v) is 14.9. The van der Waals surface area contributed by atoms with Crippen molar-refractivity contribution in [3.63, 3.8) is 0 Å². The molecule has 1 aliphatic heterocycles. The number of aliphatic hydroxyl groups excluding tert-OH is 1. The molecule has 1 amide bonds. The first-order valence-corrected chi connectivity index (χ1v) is 9.42. The molecule has 1 N–H and O–H groups in total. The van der Waals surface area contributed by atoms with Crippen LogP contribution in [0.5, 0.6) is 0 Å². The number of aromatic nitrogens is 4. The van der Waals surface area contributed by atoms with Gasteiger partial charge in [0.15, 0.2) is 0 Å². The first kappa shape index (κ1) is 16.9. The molecule has 7 nitrogen and oxygen atoms in total. The monoisotopic (exact) mass is 369 g/mol. The molecule has 4 rings (SSSR count). The molecule has 1 fully saturated rings. The fourth-order valence-corrected chi connectivity index (χ4v) is 4.11. The van der Waals surface area contributed by atoms with Gasteiger partial charge >= 0.3 is 0 Å². The Morgan fingerprint density at radius 1 is 1.23 bits per heavy atom. The maximum absolute atomic E-state index is 12.8. The first-order chi connectivity index (χ1) is 12.7. The van der Waals surface area contributed by atoms with Gasteiger partial charge in [0.05, 0.1) is 6.10 Å². The summed E-state index contributed by atoms with van der Waals surface area (Å²) in [6.45, 7) is 1.30. The van der Waals surface area contributed by atoms with Crippen LogP contribution >= 0.6 is 11.3 Å². The molecule has 3 aromatic rings. The molecule has 0 radical (unpaired) electrons. The van der Waals surface area contributed by atoms with E-state index < -0.39 is 6.10 Å². The van der Waals surface area contributed by atoms with Crippen LogP contribution in [0.2, 0.25) is 0 Å². The Bertz CT molecular complexity index is 858. The zero-order chi connectivity index (χ0) is 17.9. The van der Waals surface area contributed by atoms with E-state index in [1.54, 1.807) is 46.9 Å². The highest BCUT2D eigenvalue weighted by Gasteiger charge is 2.29.